The van der Waals surface area contributed by atoms with Gasteiger partial charge in [0.05, 0.1) is 46.2 Å². The smallest absolute Gasteiger partial charge is 0.408 e. The van der Waals surface area contributed by atoms with E-state index in [9.17, 15) is 9.59 Å². The van der Waals surface area contributed by atoms with Gasteiger partial charge in [-0.25, -0.2) is 9.59 Å². The lowest BCUT2D eigenvalue weighted by atomic mass is 10.00. The summed E-state index contributed by atoms with van der Waals surface area (Å²) < 4.78 is 10.6. The van der Waals surface area contributed by atoms with Crippen molar-refractivity contribution < 1.29 is 19.1 Å². The number of carbonyl (C=O) groups is 2. The van der Waals surface area contributed by atoms with E-state index >= 15 is 0 Å². The molecule has 268 valence electrons. The lowest BCUT2D eigenvalue weighted by molar-refractivity contribution is 0.0455. The number of hydrogen-bond acceptors (Lipinski definition) is 8. The largest absolute Gasteiger partial charge is 0.444 e. The van der Waals surface area contributed by atoms with Gasteiger partial charge in [0.25, 0.3) is 0 Å². The zero-order valence-corrected chi connectivity index (χ0v) is 31.2. The second kappa shape index (κ2) is 16.5. The number of carbonyl (C=O) groups excluding carboxylic acids is 2. The molecule has 2 aromatic heterocycles. The van der Waals surface area contributed by atoms with Crippen LogP contribution in [0.15, 0.2) is 97.3 Å². The number of rotatable bonds is 9. The molecular formula is C40H54N6O4. The fraction of sp³-hybridized carbons (Fsp3) is 0.400. The Kier molecular flexibility index (Phi) is 13.0. The molecule has 0 aliphatic rings. The summed E-state index contributed by atoms with van der Waals surface area (Å²) in [5.74, 6) is 0. The Labute approximate surface area is 297 Å². The third-order valence-electron chi connectivity index (χ3n) is 7.24. The molecule has 0 spiro atoms. The van der Waals surface area contributed by atoms with Crippen LogP contribution in [0.2, 0.25) is 0 Å². The van der Waals surface area contributed by atoms with Gasteiger partial charge in [-0.1, -0.05) is 60.7 Å². The Hall–Kier alpha value is -5.12. The van der Waals surface area contributed by atoms with Gasteiger partial charge in [-0.2, -0.15) is 0 Å². The highest BCUT2D eigenvalue weighted by atomic mass is 16.6. The Balaban J connectivity index is 0.000000319. The molecule has 2 aromatic carbocycles. The molecule has 2 heterocycles. The maximum Gasteiger partial charge on any atom is 0.408 e. The molecule has 0 aliphatic heterocycles. The average molecular weight is 683 g/mol. The number of nitrogens with zero attached hydrogens (tertiary/aromatic N) is 3. The minimum atomic E-state index is -0.662. The molecular weight excluding hydrogens is 628 g/mol. The number of ether oxygens (including phenoxy) is 2. The number of pyridine rings is 2. The number of nitrogen functional groups attached to an aromatic ring is 1. The zero-order valence-electron chi connectivity index (χ0n) is 31.2. The molecule has 4 N–H and O–H groups in total. The molecule has 10 nitrogen and oxygen atoms in total. The Morgan fingerprint density at radius 2 is 1.00 bits per heavy atom. The highest BCUT2D eigenvalue weighted by Crippen LogP contribution is 2.25. The second-order valence-electron chi connectivity index (χ2n) is 15.2. The van der Waals surface area contributed by atoms with Crippen molar-refractivity contribution in [1.29, 1.82) is 0 Å². The number of alkyl carbamates (subject to hydrolysis) is 2. The van der Waals surface area contributed by atoms with E-state index in [-0.39, 0.29) is 0 Å². The number of nitrogens with two attached hydrogens (primary N) is 1. The molecule has 0 saturated carbocycles. The maximum atomic E-state index is 12.3. The zero-order chi connectivity index (χ0) is 37.2. The van der Waals surface area contributed by atoms with E-state index in [4.69, 9.17) is 20.2 Å². The fourth-order valence-electron chi connectivity index (χ4n) is 4.81. The van der Waals surface area contributed by atoms with Crippen molar-refractivity contribution in [2.24, 2.45) is 0 Å². The van der Waals surface area contributed by atoms with Gasteiger partial charge in [0, 0.05) is 13.1 Å². The van der Waals surface area contributed by atoms with Crippen LogP contribution in [0, 0.1) is 0 Å². The summed E-state index contributed by atoms with van der Waals surface area (Å²) in [5.41, 5.74) is 8.81. The van der Waals surface area contributed by atoms with Crippen molar-refractivity contribution in [3.63, 3.8) is 0 Å². The average Bonchev–Trinajstić information content (AvgIpc) is 3.00. The Morgan fingerprint density at radius 1 is 0.600 bits per heavy atom. The molecule has 4 rings (SSSR count). The minimum absolute atomic E-state index is 0.455. The number of amides is 2. The molecule has 0 bridgehead atoms. The summed E-state index contributed by atoms with van der Waals surface area (Å²) in [6.45, 7) is 20.1. The number of benzene rings is 2. The number of aromatic nitrogens is 2. The van der Waals surface area contributed by atoms with Crippen LogP contribution in [0.5, 0.6) is 0 Å². The van der Waals surface area contributed by atoms with Crippen LogP contribution in [-0.2, 0) is 33.6 Å². The van der Waals surface area contributed by atoms with Crippen molar-refractivity contribution in [3.8, 4) is 0 Å². The van der Waals surface area contributed by atoms with Crippen LogP contribution in [0.4, 0.5) is 21.0 Å². The van der Waals surface area contributed by atoms with E-state index in [0.717, 1.165) is 30.2 Å². The standard InChI is InChI=1S/C27H33N3O2.C13H21N3O2/c1-26(2,3)32-25(31)29-27(4,5)24-17-16-23(18-28-24)30(19-21-12-8-6-9-13-21)20-22-14-10-7-11-15-22;1-12(2,3)18-11(17)16-13(4,5)10-7-6-9(14)8-15-10/h6-18H,19-20H2,1-5H3,(H,29,31);6-8H,14H2,1-5H3,(H,16,17). The highest BCUT2D eigenvalue weighted by molar-refractivity contribution is 5.69. The molecule has 0 saturated heterocycles. The molecule has 0 atom stereocenters. The summed E-state index contributed by atoms with van der Waals surface area (Å²) in [7, 11) is 0. The monoisotopic (exact) mass is 682 g/mol. The molecule has 0 fully saturated rings. The van der Waals surface area contributed by atoms with Crippen LogP contribution in [-0.4, -0.2) is 33.4 Å². The van der Waals surface area contributed by atoms with Gasteiger partial charge in [0.1, 0.15) is 11.2 Å². The first-order valence-corrected chi connectivity index (χ1v) is 16.8. The Bertz CT molecular complexity index is 1600. The van der Waals surface area contributed by atoms with E-state index < -0.39 is 34.5 Å². The number of hydrogen-bond donors (Lipinski definition) is 3. The van der Waals surface area contributed by atoms with Crippen LogP contribution in [0.3, 0.4) is 0 Å². The predicted molar refractivity (Wildman–Crippen MR) is 200 cm³/mol. The Morgan fingerprint density at radius 3 is 1.34 bits per heavy atom. The summed E-state index contributed by atoms with van der Waals surface area (Å²) in [5, 5.41) is 5.70. The summed E-state index contributed by atoms with van der Waals surface area (Å²) in [4.78, 5) is 35.2. The van der Waals surface area contributed by atoms with Gasteiger partial charge in [-0.3, -0.25) is 9.97 Å². The quantitative estimate of drug-likeness (QED) is 0.160. The minimum Gasteiger partial charge on any atom is -0.444 e. The molecule has 10 heteroatoms. The van der Waals surface area contributed by atoms with E-state index in [1.807, 2.05) is 93.6 Å². The molecule has 0 aliphatic carbocycles. The van der Waals surface area contributed by atoms with Crippen LogP contribution in [0.25, 0.3) is 0 Å². The molecule has 0 unspecified atom stereocenters. The first kappa shape index (κ1) is 39.3. The van der Waals surface area contributed by atoms with Gasteiger partial charge < -0.3 is 30.7 Å². The molecule has 4 aromatic rings. The van der Waals surface area contributed by atoms with Gasteiger partial charge >= 0.3 is 12.2 Å². The van der Waals surface area contributed by atoms with E-state index in [1.54, 1.807) is 18.3 Å². The van der Waals surface area contributed by atoms with Gasteiger partial charge in [0.2, 0.25) is 0 Å². The van der Waals surface area contributed by atoms with Crippen molar-refractivity contribution in [1.82, 2.24) is 20.6 Å². The number of anilines is 2. The first-order chi connectivity index (χ1) is 23.2. The maximum absolute atomic E-state index is 12.3. The van der Waals surface area contributed by atoms with Crippen LogP contribution < -0.4 is 21.3 Å². The molecule has 2 amide bonds. The lowest BCUT2D eigenvalue weighted by Gasteiger charge is -2.29. The van der Waals surface area contributed by atoms with Crippen molar-refractivity contribution >= 4 is 23.6 Å². The predicted octanol–water partition coefficient (Wildman–Crippen LogP) is 8.47. The van der Waals surface area contributed by atoms with Gasteiger partial charge in [0.15, 0.2) is 0 Å². The molecule has 50 heavy (non-hydrogen) atoms. The summed E-state index contributed by atoms with van der Waals surface area (Å²) in [6, 6.07) is 28.4. The van der Waals surface area contributed by atoms with Crippen LogP contribution in [0.1, 0.15) is 91.8 Å². The highest BCUT2D eigenvalue weighted by Gasteiger charge is 2.28. The van der Waals surface area contributed by atoms with Crippen LogP contribution >= 0.6 is 0 Å². The van der Waals surface area contributed by atoms with Gasteiger partial charge in [-0.05, 0) is 105 Å². The summed E-state index contributed by atoms with van der Waals surface area (Å²) in [6.07, 6.45) is 2.52. The van der Waals surface area contributed by atoms with E-state index in [1.165, 1.54) is 11.1 Å². The SMILES string of the molecule is CC(C)(C)OC(=O)NC(C)(C)c1ccc(N(Cc2ccccc2)Cc2ccccc2)cn1.CC(C)(C)OC(=O)NC(C)(C)c1ccc(N)cn1. The van der Waals surface area contributed by atoms with Crippen molar-refractivity contribution in [2.45, 2.75) is 105 Å². The number of nitrogens with one attached hydrogen (secondary N) is 2. The van der Waals surface area contributed by atoms with E-state index in [0.29, 0.717) is 5.69 Å². The molecule has 0 radical (unpaired) electrons. The summed E-state index contributed by atoms with van der Waals surface area (Å²) >= 11 is 0. The van der Waals surface area contributed by atoms with E-state index in [2.05, 4.69) is 75.1 Å². The van der Waals surface area contributed by atoms with Crippen molar-refractivity contribution in [3.05, 3.63) is 120 Å². The topological polar surface area (TPSA) is 132 Å². The fourth-order valence-corrected chi connectivity index (χ4v) is 4.81. The third-order valence-corrected chi connectivity index (χ3v) is 7.24. The van der Waals surface area contributed by atoms with Gasteiger partial charge in [-0.15, -0.1) is 0 Å². The normalized spacial score (nSPS) is 11.8. The first-order valence-electron chi connectivity index (χ1n) is 16.8. The lowest BCUT2D eigenvalue weighted by Crippen LogP contribution is -2.44. The second-order valence-corrected chi connectivity index (χ2v) is 15.2. The third kappa shape index (κ3) is 13.4. The van der Waals surface area contributed by atoms with Crippen molar-refractivity contribution in [2.75, 3.05) is 10.6 Å².